The molecule has 0 fully saturated rings. The third-order valence-corrected chi connectivity index (χ3v) is 2.14. The molecule has 18 heavy (non-hydrogen) atoms. The summed E-state index contributed by atoms with van der Waals surface area (Å²) in [5.74, 6) is -1.27. The molecular weight excluding hydrogens is 251 g/mol. The van der Waals surface area contributed by atoms with Gasteiger partial charge >= 0.3 is 6.18 Å². The van der Waals surface area contributed by atoms with E-state index in [9.17, 15) is 22.8 Å². The van der Waals surface area contributed by atoms with Crippen LogP contribution in [0.5, 0.6) is 0 Å². The molecular formula is C10H18F3N3O2. The number of hydrogen-bond donors (Lipinski definition) is 1. The van der Waals surface area contributed by atoms with Crippen molar-refractivity contribution >= 4 is 11.8 Å². The third-order valence-electron chi connectivity index (χ3n) is 2.14. The van der Waals surface area contributed by atoms with E-state index in [0.29, 0.717) is 11.3 Å². The molecule has 0 bridgehead atoms. The maximum atomic E-state index is 12.3. The van der Waals surface area contributed by atoms with Gasteiger partial charge in [0.25, 0.3) is 0 Å². The lowest BCUT2D eigenvalue weighted by Crippen LogP contribution is -2.44. The van der Waals surface area contributed by atoms with E-state index in [1.165, 1.54) is 14.1 Å². The standard InChI is InChI=1S/C10H18F3N3O2/c1-15(2)9(18)6-16(7-10(11,12)13)8(17)4-3-5-14/h3-7,14H2,1-2H3. The first-order chi connectivity index (χ1) is 8.17. The van der Waals surface area contributed by atoms with Crippen molar-refractivity contribution in [3.8, 4) is 0 Å². The van der Waals surface area contributed by atoms with E-state index in [1.54, 1.807) is 0 Å². The van der Waals surface area contributed by atoms with E-state index in [1.807, 2.05) is 0 Å². The highest BCUT2D eigenvalue weighted by Gasteiger charge is 2.33. The van der Waals surface area contributed by atoms with Gasteiger partial charge in [-0.05, 0) is 13.0 Å². The van der Waals surface area contributed by atoms with Crippen LogP contribution in [0.4, 0.5) is 13.2 Å². The highest BCUT2D eigenvalue weighted by molar-refractivity contribution is 5.84. The Hall–Kier alpha value is -1.31. The van der Waals surface area contributed by atoms with Crippen LogP contribution in [0, 0.1) is 0 Å². The van der Waals surface area contributed by atoms with Gasteiger partial charge in [0.15, 0.2) is 0 Å². The summed E-state index contributed by atoms with van der Waals surface area (Å²) in [6, 6.07) is 0. The van der Waals surface area contributed by atoms with E-state index in [2.05, 4.69) is 0 Å². The summed E-state index contributed by atoms with van der Waals surface area (Å²) in [6.07, 6.45) is -4.32. The first-order valence-electron chi connectivity index (χ1n) is 5.42. The highest BCUT2D eigenvalue weighted by Crippen LogP contribution is 2.17. The molecule has 0 saturated heterocycles. The molecule has 0 unspecified atom stereocenters. The first kappa shape index (κ1) is 16.7. The SMILES string of the molecule is CN(C)C(=O)CN(CC(F)(F)F)C(=O)CCCN. The van der Waals surface area contributed by atoms with Gasteiger partial charge in [-0.15, -0.1) is 0 Å². The van der Waals surface area contributed by atoms with E-state index in [-0.39, 0.29) is 13.0 Å². The molecule has 0 rings (SSSR count). The zero-order valence-corrected chi connectivity index (χ0v) is 10.5. The maximum absolute atomic E-state index is 12.3. The number of halogens is 3. The second kappa shape index (κ2) is 7.20. The Balaban J connectivity index is 4.61. The Morgan fingerprint density at radius 3 is 2.11 bits per heavy atom. The summed E-state index contributed by atoms with van der Waals surface area (Å²) in [7, 11) is 2.83. The summed E-state index contributed by atoms with van der Waals surface area (Å²) >= 11 is 0. The van der Waals surface area contributed by atoms with Crippen LogP contribution >= 0.6 is 0 Å². The number of likely N-dealkylation sites (N-methyl/N-ethyl adjacent to an activating group) is 1. The molecule has 0 radical (unpaired) electrons. The molecule has 0 spiro atoms. The zero-order chi connectivity index (χ0) is 14.3. The van der Waals surface area contributed by atoms with Crippen molar-refractivity contribution < 1.29 is 22.8 Å². The number of hydrogen-bond acceptors (Lipinski definition) is 3. The van der Waals surface area contributed by atoms with Crippen molar-refractivity contribution in [2.45, 2.75) is 19.0 Å². The molecule has 2 amide bonds. The predicted octanol–water partition coefficient (Wildman–Crippen LogP) is 0.204. The third kappa shape index (κ3) is 7.10. The minimum atomic E-state index is -4.52. The molecule has 5 nitrogen and oxygen atoms in total. The Morgan fingerprint density at radius 2 is 1.72 bits per heavy atom. The molecule has 0 atom stereocenters. The lowest BCUT2D eigenvalue weighted by Gasteiger charge is -2.24. The normalized spacial score (nSPS) is 11.2. The molecule has 0 aromatic carbocycles. The van der Waals surface area contributed by atoms with E-state index in [4.69, 9.17) is 5.73 Å². The van der Waals surface area contributed by atoms with Crippen LogP contribution in [-0.4, -0.2) is 61.5 Å². The van der Waals surface area contributed by atoms with Gasteiger partial charge in [0.2, 0.25) is 11.8 Å². The lowest BCUT2D eigenvalue weighted by molar-refractivity contribution is -0.164. The topological polar surface area (TPSA) is 66.6 Å². The lowest BCUT2D eigenvalue weighted by atomic mass is 10.2. The van der Waals surface area contributed by atoms with Gasteiger partial charge in [0, 0.05) is 20.5 Å². The van der Waals surface area contributed by atoms with Crippen LogP contribution in [0.1, 0.15) is 12.8 Å². The summed E-state index contributed by atoms with van der Waals surface area (Å²) in [4.78, 5) is 24.5. The van der Waals surface area contributed by atoms with Gasteiger partial charge < -0.3 is 15.5 Å². The van der Waals surface area contributed by atoms with Crippen LogP contribution in [0.15, 0.2) is 0 Å². The van der Waals surface area contributed by atoms with E-state index >= 15 is 0 Å². The monoisotopic (exact) mass is 269 g/mol. The zero-order valence-electron chi connectivity index (χ0n) is 10.5. The quantitative estimate of drug-likeness (QED) is 0.749. The average molecular weight is 269 g/mol. The summed E-state index contributed by atoms with van der Waals surface area (Å²) in [6.45, 7) is -1.78. The Morgan fingerprint density at radius 1 is 1.17 bits per heavy atom. The number of alkyl halides is 3. The summed E-state index contributed by atoms with van der Waals surface area (Å²) in [5.41, 5.74) is 5.19. The molecule has 0 heterocycles. The molecule has 0 saturated carbocycles. The largest absolute Gasteiger partial charge is 0.406 e. The molecule has 0 aromatic rings. The predicted molar refractivity (Wildman–Crippen MR) is 59.6 cm³/mol. The number of carbonyl (C=O) groups excluding carboxylic acids is 2. The second-order valence-corrected chi connectivity index (χ2v) is 4.05. The van der Waals surface area contributed by atoms with Gasteiger partial charge in [0.05, 0.1) is 0 Å². The molecule has 8 heteroatoms. The fraction of sp³-hybridized carbons (Fsp3) is 0.800. The Kier molecular flexibility index (Phi) is 6.67. The van der Waals surface area contributed by atoms with Crippen LogP contribution in [-0.2, 0) is 9.59 Å². The number of rotatable bonds is 6. The highest BCUT2D eigenvalue weighted by atomic mass is 19.4. The number of nitrogens with zero attached hydrogens (tertiary/aromatic N) is 2. The van der Waals surface area contributed by atoms with Crippen LogP contribution in [0.2, 0.25) is 0 Å². The van der Waals surface area contributed by atoms with Crippen molar-refractivity contribution in [3.63, 3.8) is 0 Å². The Labute approximate surface area is 104 Å². The van der Waals surface area contributed by atoms with Crippen LogP contribution in [0.3, 0.4) is 0 Å². The fourth-order valence-corrected chi connectivity index (χ4v) is 1.16. The fourth-order valence-electron chi connectivity index (χ4n) is 1.16. The van der Waals surface area contributed by atoms with Crippen molar-refractivity contribution in [1.82, 2.24) is 9.80 Å². The van der Waals surface area contributed by atoms with E-state index < -0.39 is 31.1 Å². The van der Waals surface area contributed by atoms with Crippen molar-refractivity contribution in [1.29, 1.82) is 0 Å². The average Bonchev–Trinajstić information content (AvgIpc) is 2.22. The van der Waals surface area contributed by atoms with Gasteiger partial charge in [-0.25, -0.2) is 0 Å². The van der Waals surface area contributed by atoms with Crippen molar-refractivity contribution in [2.24, 2.45) is 5.73 Å². The summed E-state index contributed by atoms with van der Waals surface area (Å²) in [5, 5.41) is 0. The minimum absolute atomic E-state index is 0.0900. The molecule has 106 valence electrons. The second-order valence-electron chi connectivity index (χ2n) is 4.05. The molecule has 0 aliphatic heterocycles. The Bertz CT molecular complexity index is 293. The van der Waals surface area contributed by atoms with Crippen LogP contribution < -0.4 is 5.73 Å². The van der Waals surface area contributed by atoms with Crippen molar-refractivity contribution in [2.75, 3.05) is 33.7 Å². The smallest absolute Gasteiger partial charge is 0.347 e. The number of amides is 2. The van der Waals surface area contributed by atoms with Gasteiger partial charge in [0.1, 0.15) is 13.1 Å². The van der Waals surface area contributed by atoms with Crippen molar-refractivity contribution in [3.05, 3.63) is 0 Å². The molecule has 0 aromatic heterocycles. The van der Waals surface area contributed by atoms with Gasteiger partial charge in [-0.1, -0.05) is 0 Å². The summed E-state index contributed by atoms with van der Waals surface area (Å²) < 4.78 is 36.9. The maximum Gasteiger partial charge on any atom is 0.406 e. The number of nitrogens with two attached hydrogens (primary N) is 1. The molecule has 2 N–H and O–H groups in total. The van der Waals surface area contributed by atoms with Crippen LogP contribution in [0.25, 0.3) is 0 Å². The van der Waals surface area contributed by atoms with Gasteiger partial charge in [-0.2, -0.15) is 13.2 Å². The molecule has 0 aliphatic carbocycles. The minimum Gasteiger partial charge on any atom is -0.347 e. The molecule has 0 aliphatic rings. The first-order valence-corrected chi connectivity index (χ1v) is 5.42. The van der Waals surface area contributed by atoms with E-state index in [0.717, 1.165) is 4.90 Å². The van der Waals surface area contributed by atoms with Gasteiger partial charge in [-0.3, -0.25) is 9.59 Å². The number of carbonyl (C=O) groups is 2.